The van der Waals surface area contributed by atoms with Crippen LogP contribution in [0.5, 0.6) is 11.5 Å². The number of hydrogen-bond donors (Lipinski definition) is 1. The van der Waals surface area contributed by atoms with Crippen molar-refractivity contribution in [3.63, 3.8) is 0 Å². The molecule has 0 atom stereocenters. The van der Waals surface area contributed by atoms with Crippen LogP contribution in [-0.4, -0.2) is 18.3 Å². The van der Waals surface area contributed by atoms with E-state index in [0.717, 1.165) is 12.1 Å². The average Bonchev–Trinajstić information content (AvgIpc) is 2.59. The Labute approximate surface area is 147 Å². The molecule has 0 spiro atoms. The minimum atomic E-state index is -4.50. The third kappa shape index (κ3) is 3.83. The quantitative estimate of drug-likeness (QED) is 0.808. The first-order chi connectivity index (χ1) is 12.3. The number of ether oxygens (including phenoxy) is 2. The van der Waals surface area contributed by atoms with Crippen molar-refractivity contribution >= 4 is 6.08 Å². The topological polar surface area (TPSA) is 38.7 Å². The van der Waals surface area contributed by atoms with Crippen LogP contribution >= 0.6 is 0 Å². The van der Waals surface area contributed by atoms with E-state index in [1.807, 2.05) is 0 Å². The summed E-state index contributed by atoms with van der Waals surface area (Å²) in [6.45, 7) is 1.09. The summed E-state index contributed by atoms with van der Waals surface area (Å²) in [5.41, 5.74) is 0.381. The van der Waals surface area contributed by atoms with Gasteiger partial charge < -0.3 is 14.6 Å². The molecule has 1 heterocycles. The van der Waals surface area contributed by atoms with Crippen molar-refractivity contribution in [2.45, 2.75) is 19.7 Å². The molecule has 3 rings (SSSR count). The maximum absolute atomic E-state index is 14.2. The van der Waals surface area contributed by atoms with Gasteiger partial charge in [-0.1, -0.05) is 17.7 Å². The van der Waals surface area contributed by atoms with E-state index in [2.05, 4.69) is 0 Å². The van der Waals surface area contributed by atoms with E-state index >= 15 is 0 Å². The van der Waals surface area contributed by atoms with Gasteiger partial charge in [-0.2, -0.15) is 13.2 Å². The summed E-state index contributed by atoms with van der Waals surface area (Å²) in [5.74, 6) is -0.351. The molecule has 0 unspecified atom stereocenters. The first-order valence-electron chi connectivity index (χ1n) is 7.84. The molecule has 0 saturated heterocycles. The van der Waals surface area contributed by atoms with Crippen LogP contribution in [0.2, 0.25) is 0 Å². The Balaban J connectivity index is 1.84. The second kappa shape index (κ2) is 6.99. The van der Waals surface area contributed by atoms with Gasteiger partial charge in [0.05, 0.1) is 17.7 Å². The Morgan fingerprint density at radius 2 is 1.96 bits per heavy atom. The van der Waals surface area contributed by atoms with E-state index in [1.54, 1.807) is 13.0 Å². The van der Waals surface area contributed by atoms with Crippen molar-refractivity contribution in [3.05, 3.63) is 64.0 Å². The SMILES string of the molecule is Cc1ccc(COc2cc(F)c3c(c2)OCC(CO)=C3)c(C(F)(F)F)c1. The molecule has 138 valence electrons. The highest BCUT2D eigenvalue weighted by Crippen LogP contribution is 2.35. The molecular formula is C19H16F4O3. The van der Waals surface area contributed by atoms with Gasteiger partial charge in [0.2, 0.25) is 0 Å². The highest BCUT2D eigenvalue weighted by atomic mass is 19.4. The maximum Gasteiger partial charge on any atom is 0.416 e. The smallest absolute Gasteiger partial charge is 0.416 e. The molecule has 0 saturated carbocycles. The Bertz CT molecular complexity index is 857. The zero-order valence-electron chi connectivity index (χ0n) is 13.9. The van der Waals surface area contributed by atoms with E-state index in [9.17, 15) is 17.6 Å². The van der Waals surface area contributed by atoms with Crippen LogP contribution in [0.4, 0.5) is 17.6 Å². The van der Waals surface area contributed by atoms with Gasteiger partial charge in [-0.15, -0.1) is 0 Å². The van der Waals surface area contributed by atoms with Crippen LogP contribution in [0.1, 0.15) is 22.3 Å². The monoisotopic (exact) mass is 368 g/mol. The van der Waals surface area contributed by atoms with E-state index in [-0.39, 0.29) is 42.4 Å². The van der Waals surface area contributed by atoms with Crippen molar-refractivity contribution < 1.29 is 32.1 Å². The van der Waals surface area contributed by atoms with Crippen LogP contribution < -0.4 is 9.47 Å². The van der Waals surface area contributed by atoms with Gasteiger partial charge in [0.15, 0.2) is 0 Å². The number of halogens is 4. The second-order valence-electron chi connectivity index (χ2n) is 6.01. The molecule has 7 heteroatoms. The highest BCUT2D eigenvalue weighted by Gasteiger charge is 2.33. The lowest BCUT2D eigenvalue weighted by molar-refractivity contribution is -0.138. The largest absolute Gasteiger partial charge is 0.489 e. The summed E-state index contributed by atoms with van der Waals surface area (Å²) < 4.78 is 64.4. The van der Waals surface area contributed by atoms with Crippen LogP contribution in [0.3, 0.4) is 0 Å². The molecule has 2 aromatic rings. The average molecular weight is 368 g/mol. The molecular weight excluding hydrogens is 352 g/mol. The number of aliphatic hydroxyl groups excluding tert-OH is 1. The second-order valence-corrected chi connectivity index (χ2v) is 6.01. The molecule has 0 fully saturated rings. The normalized spacial score (nSPS) is 13.7. The van der Waals surface area contributed by atoms with Crippen molar-refractivity contribution in [2.24, 2.45) is 0 Å². The first-order valence-corrected chi connectivity index (χ1v) is 7.84. The predicted molar refractivity (Wildman–Crippen MR) is 87.5 cm³/mol. The van der Waals surface area contributed by atoms with Gasteiger partial charge in [0.25, 0.3) is 0 Å². The number of hydrogen-bond acceptors (Lipinski definition) is 3. The molecule has 0 radical (unpaired) electrons. The van der Waals surface area contributed by atoms with Crippen molar-refractivity contribution in [2.75, 3.05) is 13.2 Å². The molecule has 26 heavy (non-hydrogen) atoms. The molecule has 1 aliphatic heterocycles. The minimum Gasteiger partial charge on any atom is -0.489 e. The molecule has 0 aromatic heterocycles. The predicted octanol–water partition coefficient (Wildman–Crippen LogP) is 4.50. The van der Waals surface area contributed by atoms with Crippen LogP contribution in [0.25, 0.3) is 6.08 Å². The molecule has 1 N–H and O–H groups in total. The van der Waals surface area contributed by atoms with Crippen molar-refractivity contribution in [1.29, 1.82) is 0 Å². The van der Waals surface area contributed by atoms with E-state index in [0.29, 0.717) is 11.1 Å². The molecule has 2 aromatic carbocycles. The van der Waals surface area contributed by atoms with Crippen molar-refractivity contribution in [1.82, 2.24) is 0 Å². The fourth-order valence-electron chi connectivity index (χ4n) is 2.66. The van der Waals surface area contributed by atoms with Gasteiger partial charge in [-0.05, 0) is 24.6 Å². The summed E-state index contributed by atoms with van der Waals surface area (Å²) >= 11 is 0. The number of aliphatic hydroxyl groups is 1. The number of fused-ring (bicyclic) bond motifs is 1. The number of alkyl halides is 3. The van der Waals surface area contributed by atoms with Crippen LogP contribution in [0.15, 0.2) is 35.9 Å². The van der Waals surface area contributed by atoms with Gasteiger partial charge in [0.1, 0.15) is 30.5 Å². The lowest BCUT2D eigenvalue weighted by atomic mass is 10.0. The van der Waals surface area contributed by atoms with E-state index in [4.69, 9.17) is 14.6 Å². The Hall–Kier alpha value is -2.54. The fraction of sp³-hybridized carbons (Fsp3) is 0.263. The molecule has 0 bridgehead atoms. The summed E-state index contributed by atoms with van der Waals surface area (Å²) in [4.78, 5) is 0. The van der Waals surface area contributed by atoms with Gasteiger partial charge >= 0.3 is 6.18 Å². The lowest BCUT2D eigenvalue weighted by Crippen LogP contribution is -2.12. The summed E-state index contributed by atoms with van der Waals surface area (Å²) in [5, 5.41) is 9.10. The maximum atomic E-state index is 14.2. The Morgan fingerprint density at radius 3 is 2.65 bits per heavy atom. The summed E-state index contributed by atoms with van der Waals surface area (Å²) in [6.07, 6.45) is -3.01. The highest BCUT2D eigenvalue weighted by molar-refractivity contribution is 5.64. The van der Waals surface area contributed by atoms with E-state index in [1.165, 1.54) is 18.2 Å². The standard InChI is InChI=1S/C19H16F4O3/c1-11-2-3-13(16(4-11)19(21,22)23)10-25-14-6-17(20)15-5-12(8-24)9-26-18(15)7-14/h2-7,24H,8-10H2,1H3. The lowest BCUT2D eigenvalue weighted by Gasteiger charge is -2.19. The van der Waals surface area contributed by atoms with Gasteiger partial charge in [-0.25, -0.2) is 4.39 Å². The molecule has 0 amide bonds. The van der Waals surface area contributed by atoms with Gasteiger partial charge in [-0.3, -0.25) is 0 Å². The number of aryl methyl sites for hydroxylation is 1. The number of rotatable bonds is 4. The third-order valence-corrected chi connectivity index (χ3v) is 3.99. The fourth-order valence-corrected chi connectivity index (χ4v) is 2.66. The molecule has 3 nitrogen and oxygen atoms in total. The van der Waals surface area contributed by atoms with Crippen LogP contribution in [0, 0.1) is 12.7 Å². The zero-order valence-corrected chi connectivity index (χ0v) is 13.9. The Morgan fingerprint density at radius 1 is 1.19 bits per heavy atom. The summed E-state index contributed by atoms with van der Waals surface area (Å²) in [7, 11) is 0. The Kier molecular flexibility index (Phi) is 4.91. The number of benzene rings is 2. The minimum absolute atomic E-state index is 0.0374. The zero-order chi connectivity index (χ0) is 18.9. The van der Waals surface area contributed by atoms with Crippen LogP contribution in [-0.2, 0) is 12.8 Å². The first kappa shape index (κ1) is 18.3. The van der Waals surface area contributed by atoms with Gasteiger partial charge in [0, 0.05) is 17.7 Å². The summed E-state index contributed by atoms with van der Waals surface area (Å²) in [6, 6.07) is 6.47. The third-order valence-electron chi connectivity index (χ3n) is 3.99. The molecule has 0 aliphatic carbocycles. The van der Waals surface area contributed by atoms with Crippen molar-refractivity contribution in [3.8, 4) is 11.5 Å². The van der Waals surface area contributed by atoms with E-state index < -0.39 is 17.6 Å². The molecule has 1 aliphatic rings.